The third kappa shape index (κ3) is 3.61. The maximum Gasteiger partial charge on any atom is 0.335 e. The monoisotopic (exact) mass is 411 g/mol. The van der Waals surface area contributed by atoms with Crippen LogP contribution in [0.25, 0.3) is 10.9 Å². The summed E-state index contributed by atoms with van der Waals surface area (Å²) in [5.41, 5.74) is 2.40. The van der Waals surface area contributed by atoms with E-state index < -0.39 is 18.0 Å². The Bertz CT molecular complexity index is 1100. The second-order valence-electron chi connectivity index (χ2n) is 7.47. The third-order valence-corrected chi connectivity index (χ3v) is 5.67. The highest BCUT2D eigenvalue weighted by Crippen LogP contribution is 2.32. The van der Waals surface area contributed by atoms with Crippen molar-refractivity contribution in [1.82, 2.24) is 9.47 Å². The summed E-state index contributed by atoms with van der Waals surface area (Å²) in [7, 11) is 1.78. The van der Waals surface area contributed by atoms with Gasteiger partial charge in [0.25, 0.3) is 0 Å². The number of carboxylic acids is 2. The van der Waals surface area contributed by atoms with Gasteiger partial charge in [0.15, 0.2) is 0 Å². The van der Waals surface area contributed by atoms with E-state index in [1.54, 1.807) is 42.1 Å². The molecule has 1 atom stereocenters. The molecule has 2 heterocycles. The van der Waals surface area contributed by atoms with E-state index in [0.717, 1.165) is 11.1 Å². The lowest BCUT2D eigenvalue weighted by molar-refractivity contribution is -0.143. The fourth-order valence-electron chi connectivity index (χ4n) is 4.14. The zero-order chi connectivity index (χ0) is 21.4. The number of aliphatic carboxylic acids is 1. The molecule has 1 aliphatic rings. The Hall–Kier alpha value is -3.39. The molecule has 1 aromatic heterocycles. The van der Waals surface area contributed by atoms with E-state index in [1.165, 1.54) is 18.2 Å². The number of aryl methyl sites for hydroxylation is 1. The van der Waals surface area contributed by atoms with Gasteiger partial charge in [0.1, 0.15) is 11.9 Å². The summed E-state index contributed by atoms with van der Waals surface area (Å²) < 4.78 is 14.9. The van der Waals surface area contributed by atoms with Crippen LogP contribution in [-0.2, 0) is 11.8 Å². The molecule has 1 aliphatic heterocycles. The van der Waals surface area contributed by atoms with Gasteiger partial charge < -0.3 is 19.7 Å². The van der Waals surface area contributed by atoms with Gasteiger partial charge in [0.05, 0.1) is 5.56 Å². The molecule has 1 saturated heterocycles. The zero-order valence-electron chi connectivity index (χ0n) is 16.5. The number of piperazine rings is 1. The van der Waals surface area contributed by atoms with Crippen LogP contribution in [0.15, 0.2) is 48.7 Å². The molecule has 0 spiro atoms. The Morgan fingerprint density at radius 1 is 1.00 bits per heavy atom. The Morgan fingerprint density at radius 2 is 1.67 bits per heavy atom. The summed E-state index contributed by atoms with van der Waals surface area (Å²) in [5.74, 6) is -2.25. The number of aromatic carboxylic acids is 1. The van der Waals surface area contributed by atoms with Crippen LogP contribution in [0.4, 0.5) is 10.1 Å². The molecule has 0 unspecified atom stereocenters. The van der Waals surface area contributed by atoms with E-state index >= 15 is 0 Å². The fraction of sp³-hybridized carbons (Fsp3) is 0.273. The molecule has 7 nitrogen and oxygen atoms in total. The first kappa shape index (κ1) is 19.9. The molecule has 156 valence electrons. The van der Waals surface area contributed by atoms with E-state index in [4.69, 9.17) is 0 Å². The van der Waals surface area contributed by atoms with Crippen molar-refractivity contribution in [2.75, 3.05) is 31.1 Å². The largest absolute Gasteiger partial charge is 0.480 e. The van der Waals surface area contributed by atoms with Crippen molar-refractivity contribution < 1.29 is 24.2 Å². The van der Waals surface area contributed by atoms with Crippen molar-refractivity contribution in [1.29, 1.82) is 0 Å². The SMILES string of the molecule is Cn1cc([C@@H](C(=O)O)N2CCN(c3ccc(F)cc3)CC2)c2ccc(C(=O)O)cc21. The average Bonchev–Trinajstić information content (AvgIpc) is 3.05. The van der Waals surface area contributed by atoms with Gasteiger partial charge in [-0.2, -0.15) is 0 Å². The number of anilines is 1. The van der Waals surface area contributed by atoms with Crippen molar-refractivity contribution in [2.45, 2.75) is 6.04 Å². The van der Waals surface area contributed by atoms with Crippen molar-refractivity contribution in [3.05, 3.63) is 65.6 Å². The van der Waals surface area contributed by atoms with E-state index in [9.17, 15) is 24.2 Å². The average molecular weight is 411 g/mol. The minimum absolute atomic E-state index is 0.162. The van der Waals surface area contributed by atoms with Crippen molar-refractivity contribution in [2.24, 2.45) is 7.05 Å². The van der Waals surface area contributed by atoms with E-state index in [1.807, 2.05) is 4.90 Å². The molecule has 0 saturated carbocycles. The fourth-order valence-corrected chi connectivity index (χ4v) is 4.14. The van der Waals surface area contributed by atoms with Crippen LogP contribution in [0.2, 0.25) is 0 Å². The van der Waals surface area contributed by atoms with Crippen LogP contribution < -0.4 is 4.90 Å². The Kier molecular flexibility index (Phi) is 5.17. The molecule has 0 radical (unpaired) electrons. The first-order valence-corrected chi connectivity index (χ1v) is 9.65. The van der Waals surface area contributed by atoms with Gasteiger partial charge in [-0.15, -0.1) is 0 Å². The molecule has 3 aromatic rings. The number of aromatic nitrogens is 1. The van der Waals surface area contributed by atoms with Crippen LogP contribution in [0.3, 0.4) is 0 Å². The quantitative estimate of drug-likeness (QED) is 0.671. The lowest BCUT2D eigenvalue weighted by Gasteiger charge is -2.38. The first-order chi connectivity index (χ1) is 14.3. The molecule has 8 heteroatoms. The molecule has 2 N–H and O–H groups in total. The Balaban J connectivity index is 1.60. The molecular weight excluding hydrogens is 389 g/mol. The summed E-state index contributed by atoms with van der Waals surface area (Å²) >= 11 is 0. The summed E-state index contributed by atoms with van der Waals surface area (Å²) in [5, 5.41) is 20.0. The molecule has 1 fully saturated rings. The predicted octanol–water partition coefficient (Wildman–Crippen LogP) is 2.96. The number of hydrogen-bond acceptors (Lipinski definition) is 4. The number of nitrogens with zero attached hydrogens (tertiary/aromatic N) is 3. The molecule has 2 aromatic carbocycles. The lowest BCUT2D eigenvalue weighted by Crippen LogP contribution is -2.49. The van der Waals surface area contributed by atoms with Crippen molar-refractivity contribution >= 4 is 28.5 Å². The number of benzene rings is 2. The highest BCUT2D eigenvalue weighted by molar-refractivity contribution is 5.96. The third-order valence-electron chi connectivity index (χ3n) is 5.67. The number of rotatable bonds is 5. The number of carbonyl (C=O) groups is 2. The first-order valence-electron chi connectivity index (χ1n) is 9.65. The smallest absolute Gasteiger partial charge is 0.335 e. The Labute approximate surface area is 172 Å². The zero-order valence-corrected chi connectivity index (χ0v) is 16.5. The number of fused-ring (bicyclic) bond motifs is 1. The standard InChI is InChI=1S/C22H22FN3O4/c1-24-13-18(17-7-2-14(21(27)28)12-19(17)24)20(22(29)30)26-10-8-25(9-11-26)16-5-3-15(23)4-6-16/h2-7,12-13,20H,8-11H2,1H3,(H,27,28)(H,29,30)/t20-/m0/s1. The van der Waals surface area contributed by atoms with E-state index in [-0.39, 0.29) is 11.4 Å². The van der Waals surface area contributed by atoms with Gasteiger partial charge in [0, 0.05) is 61.6 Å². The summed E-state index contributed by atoms with van der Waals surface area (Å²) in [6.07, 6.45) is 1.77. The molecule has 4 rings (SSSR count). The summed E-state index contributed by atoms with van der Waals surface area (Å²) in [6, 6.07) is 10.2. The summed E-state index contributed by atoms with van der Waals surface area (Å²) in [6.45, 7) is 2.34. The van der Waals surface area contributed by atoms with Gasteiger partial charge in [-0.25, -0.2) is 9.18 Å². The van der Waals surface area contributed by atoms with Crippen molar-refractivity contribution in [3.8, 4) is 0 Å². The van der Waals surface area contributed by atoms with Crippen LogP contribution in [0, 0.1) is 5.82 Å². The molecule has 0 amide bonds. The molecular formula is C22H22FN3O4. The molecule has 0 bridgehead atoms. The molecule has 0 aliphatic carbocycles. The van der Waals surface area contributed by atoms with E-state index in [0.29, 0.717) is 37.3 Å². The van der Waals surface area contributed by atoms with Gasteiger partial charge in [-0.05, 0) is 36.4 Å². The lowest BCUT2D eigenvalue weighted by atomic mass is 10.0. The molecule has 30 heavy (non-hydrogen) atoms. The highest BCUT2D eigenvalue weighted by Gasteiger charge is 2.32. The van der Waals surface area contributed by atoms with Crippen LogP contribution >= 0.6 is 0 Å². The maximum absolute atomic E-state index is 13.2. The second-order valence-corrected chi connectivity index (χ2v) is 7.47. The van der Waals surface area contributed by atoms with Crippen LogP contribution in [0.5, 0.6) is 0 Å². The second kappa shape index (κ2) is 7.79. The topological polar surface area (TPSA) is 86.0 Å². The van der Waals surface area contributed by atoms with Crippen LogP contribution in [0.1, 0.15) is 22.0 Å². The van der Waals surface area contributed by atoms with Gasteiger partial charge in [0.2, 0.25) is 0 Å². The normalized spacial score (nSPS) is 16.0. The van der Waals surface area contributed by atoms with Crippen molar-refractivity contribution in [3.63, 3.8) is 0 Å². The highest BCUT2D eigenvalue weighted by atomic mass is 19.1. The van der Waals surface area contributed by atoms with Crippen LogP contribution in [-0.4, -0.2) is 57.8 Å². The number of hydrogen-bond donors (Lipinski definition) is 2. The minimum Gasteiger partial charge on any atom is -0.480 e. The van der Waals surface area contributed by atoms with E-state index in [2.05, 4.69) is 4.90 Å². The van der Waals surface area contributed by atoms with Gasteiger partial charge in [-0.1, -0.05) is 6.07 Å². The number of halogens is 1. The minimum atomic E-state index is -1.02. The van der Waals surface area contributed by atoms with Gasteiger partial charge in [-0.3, -0.25) is 9.69 Å². The summed E-state index contributed by atoms with van der Waals surface area (Å²) in [4.78, 5) is 27.5. The number of carboxylic acid groups (broad SMARTS) is 2. The van der Waals surface area contributed by atoms with Gasteiger partial charge >= 0.3 is 11.9 Å². The maximum atomic E-state index is 13.2. The predicted molar refractivity (Wildman–Crippen MR) is 110 cm³/mol. The Morgan fingerprint density at radius 3 is 2.27 bits per heavy atom.